The standard InChI is InChI=1S/C24H24BrNO7/c1-12-20(27)21(28)22(29)24(32-12)33-19-11-13-7-8-15(25)9-14(13)10-16(19)23(30)26-17-5-3-4-6-18(17)31-2/h3-12,20-22,24,27-29H,1-2H3,(H,26,30)/t12-,20+,21+,22-,24+/m0/s1. The quantitative estimate of drug-likeness (QED) is 0.410. The predicted molar refractivity (Wildman–Crippen MR) is 126 cm³/mol. The monoisotopic (exact) mass is 517 g/mol. The second-order valence-corrected chi connectivity index (χ2v) is 8.71. The maximum atomic E-state index is 13.3. The highest BCUT2D eigenvalue weighted by Crippen LogP contribution is 2.33. The van der Waals surface area contributed by atoms with Crippen LogP contribution < -0.4 is 14.8 Å². The van der Waals surface area contributed by atoms with Crippen LogP contribution in [0, 0.1) is 0 Å². The Labute approximate surface area is 198 Å². The van der Waals surface area contributed by atoms with Crippen molar-refractivity contribution >= 4 is 38.3 Å². The summed E-state index contributed by atoms with van der Waals surface area (Å²) in [6, 6.07) is 15.9. The molecule has 1 amide bonds. The molecule has 0 spiro atoms. The molecule has 0 bridgehead atoms. The van der Waals surface area contributed by atoms with Gasteiger partial charge in [0.25, 0.3) is 5.91 Å². The summed E-state index contributed by atoms with van der Waals surface area (Å²) in [5, 5.41) is 34.9. The van der Waals surface area contributed by atoms with Crippen molar-refractivity contribution in [2.45, 2.75) is 37.6 Å². The largest absolute Gasteiger partial charge is 0.495 e. The van der Waals surface area contributed by atoms with Crippen molar-refractivity contribution < 1.29 is 34.3 Å². The zero-order chi connectivity index (χ0) is 23.7. The topological polar surface area (TPSA) is 117 Å². The van der Waals surface area contributed by atoms with Gasteiger partial charge in [-0.05, 0) is 54.1 Å². The molecule has 4 N–H and O–H groups in total. The van der Waals surface area contributed by atoms with Crippen molar-refractivity contribution in [3.63, 3.8) is 0 Å². The van der Waals surface area contributed by atoms with Gasteiger partial charge in [0.05, 0.1) is 24.5 Å². The van der Waals surface area contributed by atoms with E-state index in [-0.39, 0.29) is 11.3 Å². The molecule has 8 nitrogen and oxygen atoms in total. The number of aliphatic hydroxyl groups is 3. The van der Waals surface area contributed by atoms with Gasteiger partial charge < -0.3 is 34.8 Å². The summed E-state index contributed by atoms with van der Waals surface area (Å²) < 4.78 is 17.6. The third kappa shape index (κ3) is 4.83. The fourth-order valence-corrected chi connectivity index (χ4v) is 4.07. The molecule has 9 heteroatoms. The number of rotatable bonds is 5. The molecule has 0 unspecified atom stereocenters. The Hall–Kier alpha value is -2.69. The second-order valence-electron chi connectivity index (χ2n) is 7.79. The summed E-state index contributed by atoms with van der Waals surface area (Å²) in [6.07, 6.45) is -6.30. The highest BCUT2D eigenvalue weighted by molar-refractivity contribution is 9.10. The second kappa shape index (κ2) is 9.66. The number of methoxy groups -OCH3 is 1. The van der Waals surface area contributed by atoms with Gasteiger partial charge in [-0.2, -0.15) is 0 Å². The summed E-state index contributed by atoms with van der Waals surface area (Å²) in [5.41, 5.74) is 0.668. The first-order valence-corrected chi connectivity index (χ1v) is 11.1. The van der Waals surface area contributed by atoms with Crippen LogP contribution in [0.1, 0.15) is 17.3 Å². The fourth-order valence-electron chi connectivity index (χ4n) is 3.70. The minimum Gasteiger partial charge on any atom is -0.495 e. The molecule has 1 saturated heterocycles. The van der Waals surface area contributed by atoms with Gasteiger partial charge in [-0.15, -0.1) is 0 Å². The lowest BCUT2D eigenvalue weighted by Gasteiger charge is -2.39. The lowest BCUT2D eigenvalue weighted by molar-refractivity contribution is -0.268. The number of amides is 1. The van der Waals surface area contributed by atoms with Crippen LogP contribution in [0.15, 0.2) is 59.1 Å². The molecule has 3 aromatic rings. The molecule has 5 atom stereocenters. The van der Waals surface area contributed by atoms with Gasteiger partial charge in [0.15, 0.2) is 0 Å². The minimum absolute atomic E-state index is 0.150. The van der Waals surface area contributed by atoms with Gasteiger partial charge in [0, 0.05) is 4.47 Å². The summed E-state index contributed by atoms with van der Waals surface area (Å²) in [7, 11) is 1.51. The van der Waals surface area contributed by atoms with Gasteiger partial charge in [0.1, 0.15) is 29.8 Å². The van der Waals surface area contributed by atoms with E-state index in [0.717, 1.165) is 15.2 Å². The van der Waals surface area contributed by atoms with E-state index in [1.807, 2.05) is 18.2 Å². The normalized spacial score (nSPS) is 25.0. The number of carbonyl (C=O) groups excluding carboxylic acids is 1. The van der Waals surface area contributed by atoms with E-state index in [0.29, 0.717) is 11.4 Å². The number of benzene rings is 3. The van der Waals surface area contributed by atoms with E-state index < -0.39 is 36.6 Å². The average molecular weight is 518 g/mol. The number of halogens is 1. The summed E-state index contributed by atoms with van der Waals surface area (Å²) >= 11 is 3.44. The van der Waals surface area contributed by atoms with Gasteiger partial charge >= 0.3 is 0 Å². The Morgan fingerprint density at radius 1 is 0.970 bits per heavy atom. The molecular weight excluding hydrogens is 494 g/mol. The van der Waals surface area contributed by atoms with Gasteiger partial charge in [0.2, 0.25) is 6.29 Å². The molecule has 1 aliphatic heterocycles. The van der Waals surface area contributed by atoms with Crippen LogP contribution >= 0.6 is 15.9 Å². The number of aliphatic hydroxyl groups excluding tert-OH is 3. The van der Waals surface area contributed by atoms with Crippen molar-refractivity contribution in [1.29, 1.82) is 0 Å². The molecule has 33 heavy (non-hydrogen) atoms. The number of nitrogens with one attached hydrogen (secondary N) is 1. The molecule has 3 aromatic carbocycles. The van der Waals surface area contributed by atoms with E-state index in [2.05, 4.69) is 21.2 Å². The Morgan fingerprint density at radius 2 is 1.73 bits per heavy atom. The highest BCUT2D eigenvalue weighted by atomic mass is 79.9. The van der Waals surface area contributed by atoms with E-state index in [4.69, 9.17) is 14.2 Å². The van der Waals surface area contributed by atoms with Crippen LogP contribution in [0.25, 0.3) is 10.8 Å². The predicted octanol–water partition coefficient (Wildman–Crippen LogP) is 3.07. The Balaban J connectivity index is 1.72. The minimum atomic E-state index is -1.51. The van der Waals surface area contributed by atoms with Crippen LogP contribution in [-0.4, -0.2) is 59.0 Å². The van der Waals surface area contributed by atoms with Crippen molar-refractivity contribution in [2.75, 3.05) is 12.4 Å². The van der Waals surface area contributed by atoms with Crippen LogP contribution in [0.2, 0.25) is 0 Å². The zero-order valence-electron chi connectivity index (χ0n) is 17.9. The lowest BCUT2D eigenvalue weighted by atomic mass is 10.00. The number of fused-ring (bicyclic) bond motifs is 1. The first-order valence-electron chi connectivity index (χ1n) is 10.3. The van der Waals surface area contributed by atoms with Crippen LogP contribution in [0.5, 0.6) is 11.5 Å². The molecule has 1 fully saturated rings. The van der Waals surface area contributed by atoms with Crippen molar-refractivity contribution in [3.8, 4) is 11.5 Å². The maximum Gasteiger partial charge on any atom is 0.259 e. The Kier molecular flexibility index (Phi) is 6.87. The van der Waals surface area contributed by atoms with E-state index >= 15 is 0 Å². The molecule has 1 heterocycles. The van der Waals surface area contributed by atoms with Crippen LogP contribution in [-0.2, 0) is 4.74 Å². The Morgan fingerprint density at radius 3 is 2.48 bits per heavy atom. The fraction of sp³-hybridized carbons (Fsp3) is 0.292. The number of ether oxygens (including phenoxy) is 3. The number of carbonyl (C=O) groups is 1. The number of para-hydroxylation sites is 2. The van der Waals surface area contributed by atoms with E-state index in [1.54, 1.807) is 43.3 Å². The SMILES string of the molecule is COc1ccccc1NC(=O)c1cc2cc(Br)ccc2cc1O[C@H]1O[C@@H](C)[C@@H](O)[C@@H](O)[C@@H]1O. The summed E-state index contributed by atoms with van der Waals surface area (Å²) in [6.45, 7) is 1.56. The molecule has 1 aliphatic rings. The van der Waals surface area contributed by atoms with Crippen LogP contribution in [0.4, 0.5) is 5.69 Å². The molecule has 0 aromatic heterocycles. The van der Waals surface area contributed by atoms with Gasteiger partial charge in [-0.3, -0.25) is 4.79 Å². The first kappa shape index (κ1) is 23.5. The van der Waals surface area contributed by atoms with Crippen LogP contribution in [0.3, 0.4) is 0 Å². The third-order valence-electron chi connectivity index (χ3n) is 5.55. The molecule has 0 aliphatic carbocycles. The molecule has 4 rings (SSSR count). The maximum absolute atomic E-state index is 13.3. The smallest absolute Gasteiger partial charge is 0.259 e. The number of hydrogen-bond donors (Lipinski definition) is 4. The van der Waals surface area contributed by atoms with Crippen molar-refractivity contribution in [2.24, 2.45) is 0 Å². The zero-order valence-corrected chi connectivity index (χ0v) is 19.5. The third-order valence-corrected chi connectivity index (χ3v) is 6.05. The van der Waals surface area contributed by atoms with Crippen molar-refractivity contribution in [1.82, 2.24) is 0 Å². The lowest BCUT2D eigenvalue weighted by Crippen LogP contribution is -2.58. The summed E-state index contributed by atoms with van der Waals surface area (Å²) in [4.78, 5) is 13.3. The summed E-state index contributed by atoms with van der Waals surface area (Å²) in [5.74, 6) is 0.182. The van der Waals surface area contributed by atoms with Gasteiger partial charge in [-0.1, -0.05) is 34.1 Å². The highest BCUT2D eigenvalue weighted by Gasteiger charge is 2.43. The molecule has 174 valence electrons. The van der Waals surface area contributed by atoms with E-state index in [1.165, 1.54) is 7.11 Å². The average Bonchev–Trinajstić information content (AvgIpc) is 2.81. The molecule has 0 saturated carbocycles. The Bertz CT molecular complexity index is 1170. The number of hydrogen-bond acceptors (Lipinski definition) is 7. The van der Waals surface area contributed by atoms with Crippen molar-refractivity contribution in [3.05, 3.63) is 64.6 Å². The first-order chi connectivity index (χ1) is 15.8. The van der Waals surface area contributed by atoms with Gasteiger partial charge in [-0.25, -0.2) is 0 Å². The van der Waals surface area contributed by atoms with E-state index in [9.17, 15) is 20.1 Å². The molecular formula is C24H24BrNO7. The number of anilines is 1. The molecule has 0 radical (unpaired) electrons.